The van der Waals surface area contributed by atoms with Crippen molar-refractivity contribution < 1.29 is 14.7 Å². The van der Waals surface area contributed by atoms with Gasteiger partial charge < -0.3 is 15.7 Å². The Kier molecular flexibility index (Phi) is 5.05. The summed E-state index contributed by atoms with van der Waals surface area (Å²) in [5, 5.41) is 14.7. The Bertz CT molecular complexity index is 321. The highest BCUT2D eigenvalue weighted by atomic mass is 16.4. The fourth-order valence-corrected chi connectivity index (χ4v) is 2.85. The molecule has 0 saturated heterocycles. The fraction of sp³-hybridized carbons (Fsp3) is 0.857. The van der Waals surface area contributed by atoms with Crippen molar-refractivity contribution in [3.63, 3.8) is 0 Å². The summed E-state index contributed by atoms with van der Waals surface area (Å²) in [6, 6.07) is -0.0766. The average molecular weight is 268 g/mol. The van der Waals surface area contributed by atoms with Gasteiger partial charge in [-0.05, 0) is 50.4 Å². The lowest BCUT2D eigenvalue weighted by atomic mass is 9.82. The fourth-order valence-electron chi connectivity index (χ4n) is 2.85. The Labute approximate surface area is 114 Å². The van der Waals surface area contributed by atoms with Crippen LogP contribution in [0.4, 0.5) is 4.79 Å². The van der Waals surface area contributed by atoms with E-state index in [-0.39, 0.29) is 11.9 Å². The molecule has 0 radical (unpaired) electrons. The summed E-state index contributed by atoms with van der Waals surface area (Å²) in [6.07, 6.45) is 7.05. The number of nitrogens with one attached hydrogen (secondary N) is 2. The second kappa shape index (κ2) is 6.78. The van der Waals surface area contributed by atoms with Gasteiger partial charge in [-0.1, -0.05) is 6.42 Å². The van der Waals surface area contributed by atoms with Crippen molar-refractivity contribution in [2.45, 2.75) is 44.9 Å². The van der Waals surface area contributed by atoms with E-state index in [9.17, 15) is 9.59 Å². The first-order chi connectivity index (χ1) is 9.15. The van der Waals surface area contributed by atoms with Gasteiger partial charge in [0.2, 0.25) is 0 Å². The summed E-state index contributed by atoms with van der Waals surface area (Å²) in [5.74, 6) is 0.259. The summed E-state index contributed by atoms with van der Waals surface area (Å²) >= 11 is 0. The van der Waals surface area contributed by atoms with Gasteiger partial charge in [-0.15, -0.1) is 0 Å². The standard InChI is InChI=1S/C14H24N2O3/c17-13(18)12-6-4-11(5-7-12)9-16-14(19)15-8-10-2-1-3-10/h10-12H,1-9H2,(H,17,18)(H2,15,16,19). The molecule has 2 fully saturated rings. The second-order valence-corrected chi connectivity index (χ2v) is 5.94. The molecule has 2 amide bonds. The number of carboxylic acids is 1. The molecule has 0 bridgehead atoms. The number of rotatable bonds is 5. The summed E-state index contributed by atoms with van der Waals surface area (Å²) in [4.78, 5) is 22.4. The Hall–Kier alpha value is -1.26. The number of carbonyl (C=O) groups is 2. The van der Waals surface area contributed by atoms with Crippen LogP contribution in [0.25, 0.3) is 0 Å². The van der Waals surface area contributed by atoms with Crippen LogP contribution in [0.1, 0.15) is 44.9 Å². The first-order valence-corrected chi connectivity index (χ1v) is 7.39. The largest absolute Gasteiger partial charge is 0.481 e. The minimum atomic E-state index is -0.676. The molecule has 0 aliphatic heterocycles. The van der Waals surface area contributed by atoms with Gasteiger partial charge in [0, 0.05) is 13.1 Å². The van der Waals surface area contributed by atoms with E-state index in [1.807, 2.05) is 0 Å². The van der Waals surface area contributed by atoms with Crippen LogP contribution in [0.2, 0.25) is 0 Å². The number of urea groups is 1. The summed E-state index contributed by atoms with van der Waals surface area (Å²) in [6.45, 7) is 1.46. The van der Waals surface area contributed by atoms with Crippen LogP contribution in [-0.4, -0.2) is 30.2 Å². The summed E-state index contributed by atoms with van der Waals surface area (Å²) in [7, 11) is 0. The molecule has 0 atom stereocenters. The Balaban J connectivity index is 1.55. The monoisotopic (exact) mass is 268 g/mol. The minimum absolute atomic E-state index is 0.0766. The lowest BCUT2D eigenvalue weighted by Gasteiger charge is -2.27. The minimum Gasteiger partial charge on any atom is -0.481 e. The maximum Gasteiger partial charge on any atom is 0.314 e. The van der Waals surface area contributed by atoms with E-state index < -0.39 is 5.97 Å². The summed E-state index contributed by atoms with van der Waals surface area (Å²) in [5.41, 5.74) is 0. The van der Waals surface area contributed by atoms with Crippen molar-refractivity contribution in [1.82, 2.24) is 10.6 Å². The third-order valence-corrected chi connectivity index (χ3v) is 4.52. The van der Waals surface area contributed by atoms with Gasteiger partial charge in [-0.25, -0.2) is 4.79 Å². The van der Waals surface area contributed by atoms with Gasteiger partial charge in [0.05, 0.1) is 5.92 Å². The van der Waals surface area contributed by atoms with E-state index in [2.05, 4.69) is 10.6 Å². The van der Waals surface area contributed by atoms with Gasteiger partial charge in [-0.2, -0.15) is 0 Å². The molecular formula is C14H24N2O3. The van der Waals surface area contributed by atoms with Crippen LogP contribution in [-0.2, 0) is 4.79 Å². The molecule has 2 aliphatic carbocycles. The molecule has 0 heterocycles. The first kappa shape index (κ1) is 14.2. The topological polar surface area (TPSA) is 78.4 Å². The average Bonchev–Trinajstić information content (AvgIpc) is 2.35. The third-order valence-electron chi connectivity index (χ3n) is 4.52. The highest BCUT2D eigenvalue weighted by Crippen LogP contribution is 2.28. The zero-order chi connectivity index (χ0) is 13.7. The van der Waals surface area contributed by atoms with E-state index in [0.29, 0.717) is 18.4 Å². The van der Waals surface area contributed by atoms with Crippen LogP contribution in [0, 0.1) is 17.8 Å². The molecule has 2 aliphatic rings. The number of carbonyl (C=O) groups excluding carboxylic acids is 1. The molecule has 19 heavy (non-hydrogen) atoms. The lowest BCUT2D eigenvalue weighted by Crippen LogP contribution is -2.42. The van der Waals surface area contributed by atoms with Gasteiger partial charge in [0.25, 0.3) is 0 Å². The molecule has 0 aromatic carbocycles. The molecule has 3 N–H and O–H groups in total. The van der Waals surface area contributed by atoms with Gasteiger partial charge in [0.1, 0.15) is 0 Å². The van der Waals surface area contributed by atoms with E-state index in [1.54, 1.807) is 0 Å². The van der Waals surface area contributed by atoms with Crippen LogP contribution in [0.3, 0.4) is 0 Å². The van der Waals surface area contributed by atoms with E-state index in [0.717, 1.165) is 32.2 Å². The number of aliphatic carboxylic acids is 1. The number of hydrogen-bond donors (Lipinski definition) is 3. The quantitative estimate of drug-likeness (QED) is 0.713. The van der Waals surface area contributed by atoms with Crippen molar-refractivity contribution in [2.75, 3.05) is 13.1 Å². The SMILES string of the molecule is O=C(NCC1CCC1)NCC1CCC(C(=O)O)CC1. The predicted molar refractivity (Wildman–Crippen MR) is 71.8 cm³/mol. The van der Waals surface area contributed by atoms with E-state index >= 15 is 0 Å². The zero-order valence-corrected chi connectivity index (χ0v) is 11.4. The normalized spacial score (nSPS) is 27.4. The predicted octanol–water partition coefficient (Wildman–Crippen LogP) is 1.98. The van der Waals surface area contributed by atoms with E-state index in [4.69, 9.17) is 5.11 Å². The number of carboxylic acid groups (broad SMARTS) is 1. The molecular weight excluding hydrogens is 244 g/mol. The van der Waals surface area contributed by atoms with Crippen molar-refractivity contribution in [1.29, 1.82) is 0 Å². The molecule has 5 heteroatoms. The van der Waals surface area contributed by atoms with Crippen LogP contribution < -0.4 is 10.6 Å². The Morgan fingerprint density at radius 3 is 1.84 bits per heavy atom. The number of hydrogen-bond acceptors (Lipinski definition) is 2. The maximum atomic E-state index is 11.6. The lowest BCUT2D eigenvalue weighted by molar-refractivity contribution is -0.143. The van der Waals surface area contributed by atoms with Crippen molar-refractivity contribution in [3.05, 3.63) is 0 Å². The van der Waals surface area contributed by atoms with Crippen molar-refractivity contribution in [3.8, 4) is 0 Å². The van der Waals surface area contributed by atoms with Gasteiger partial charge in [0.15, 0.2) is 0 Å². The molecule has 2 rings (SSSR count). The Morgan fingerprint density at radius 1 is 0.895 bits per heavy atom. The van der Waals surface area contributed by atoms with Crippen LogP contribution in [0.5, 0.6) is 0 Å². The molecule has 0 aromatic heterocycles. The molecule has 2 saturated carbocycles. The Morgan fingerprint density at radius 2 is 1.42 bits per heavy atom. The molecule has 108 valence electrons. The van der Waals surface area contributed by atoms with Gasteiger partial charge in [-0.3, -0.25) is 4.79 Å². The van der Waals surface area contributed by atoms with Crippen molar-refractivity contribution >= 4 is 12.0 Å². The highest BCUT2D eigenvalue weighted by Gasteiger charge is 2.26. The smallest absolute Gasteiger partial charge is 0.314 e. The van der Waals surface area contributed by atoms with Crippen LogP contribution in [0.15, 0.2) is 0 Å². The molecule has 0 spiro atoms. The first-order valence-electron chi connectivity index (χ1n) is 7.39. The van der Waals surface area contributed by atoms with E-state index in [1.165, 1.54) is 19.3 Å². The number of amides is 2. The molecule has 5 nitrogen and oxygen atoms in total. The van der Waals surface area contributed by atoms with Crippen molar-refractivity contribution in [2.24, 2.45) is 17.8 Å². The zero-order valence-electron chi connectivity index (χ0n) is 11.4. The highest BCUT2D eigenvalue weighted by molar-refractivity contribution is 5.73. The summed E-state index contributed by atoms with van der Waals surface area (Å²) < 4.78 is 0. The van der Waals surface area contributed by atoms with Gasteiger partial charge >= 0.3 is 12.0 Å². The van der Waals surface area contributed by atoms with Crippen LogP contribution >= 0.6 is 0 Å². The maximum absolute atomic E-state index is 11.6. The third kappa shape index (κ3) is 4.40. The second-order valence-electron chi connectivity index (χ2n) is 5.94. The molecule has 0 aromatic rings. The molecule has 0 unspecified atom stereocenters.